The van der Waals surface area contributed by atoms with E-state index in [1.54, 1.807) is 37.3 Å². The second-order valence-corrected chi connectivity index (χ2v) is 9.26. The zero-order valence-electron chi connectivity index (χ0n) is 21.2. The highest BCUT2D eigenvalue weighted by atomic mass is 19.1. The molecule has 0 saturated heterocycles. The maximum Gasteiger partial charge on any atom is 0.338 e. The molecule has 0 spiro atoms. The number of esters is 2. The van der Waals surface area contributed by atoms with Gasteiger partial charge in [0.2, 0.25) is 0 Å². The Morgan fingerprint density at radius 2 is 1.42 bits per heavy atom. The van der Waals surface area contributed by atoms with Crippen molar-refractivity contribution in [3.8, 4) is 0 Å². The van der Waals surface area contributed by atoms with Gasteiger partial charge in [-0.1, -0.05) is 0 Å². The lowest BCUT2D eigenvalue weighted by atomic mass is 9.86. The van der Waals surface area contributed by atoms with Crippen LogP contribution < -0.4 is 0 Å². The molecule has 0 radical (unpaired) electrons. The zero-order chi connectivity index (χ0) is 26.8. The Kier molecular flexibility index (Phi) is 7.13. The smallest absolute Gasteiger partial charge is 0.338 e. The first-order valence-electron chi connectivity index (χ1n) is 12.7. The van der Waals surface area contributed by atoms with E-state index in [4.69, 9.17) is 9.47 Å². The third-order valence-electron chi connectivity index (χ3n) is 6.84. The number of fused-ring (bicyclic) bond motifs is 6. The molecule has 0 bridgehead atoms. The van der Waals surface area contributed by atoms with E-state index >= 15 is 0 Å². The lowest BCUT2D eigenvalue weighted by Crippen LogP contribution is -2.24. The van der Waals surface area contributed by atoms with Crippen LogP contribution in [0.15, 0.2) is 54.6 Å². The van der Waals surface area contributed by atoms with Crippen LogP contribution in [0.4, 0.5) is 8.78 Å². The molecular formula is C30H28F2N2O4. The first-order chi connectivity index (χ1) is 18.4. The van der Waals surface area contributed by atoms with Crippen LogP contribution in [-0.2, 0) is 27.1 Å². The van der Waals surface area contributed by atoms with Crippen LogP contribution >= 0.6 is 0 Å². The monoisotopic (exact) mass is 518 g/mol. The fraction of sp³-hybridized carbons (Fsp3) is 0.267. The highest BCUT2D eigenvalue weighted by Crippen LogP contribution is 2.32. The molecule has 8 heteroatoms. The molecule has 1 unspecified atom stereocenters. The molecule has 0 amide bonds. The van der Waals surface area contributed by atoms with E-state index in [0.29, 0.717) is 25.2 Å². The maximum atomic E-state index is 13.4. The van der Waals surface area contributed by atoms with Crippen LogP contribution in [0.1, 0.15) is 41.9 Å². The molecule has 2 N–H and O–H groups in total. The van der Waals surface area contributed by atoms with Crippen LogP contribution in [0, 0.1) is 17.6 Å². The Morgan fingerprint density at radius 1 is 0.816 bits per heavy atom. The van der Waals surface area contributed by atoms with Gasteiger partial charge in [0, 0.05) is 38.4 Å². The highest BCUT2D eigenvalue weighted by Gasteiger charge is 2.28. The van der Waals surface area contributed by atoms with E-state index in [-0.39, 0.29) is 29.5 Å². The Balaban J connectivity index is 0.000000155. The fourth-order valence-electron chi connectivity index (χ4n) is 5.06. The first-order valence-corrected chi connectivity index (χ1v) is 12.7. The summed E-state index contributed by atoms with van der Waals surface area (Å²) >= 11 is 0. The van der Waals surface area contributed by atoms with Gasteiger partial charge in [-0.2, -0.15) is 0 Å². The molecule has 3 aromatic carbocycles. The van der Waals surface area contributed by atoms with Gasteiger partial charge in [-0.15, -0.1) is 0 Å². The molecule has 0 aliphatic heterocycles. The molecule has 1 atom stereocenters. The van der Waals surface area contributed by atoms with Crippen molar-refractivity contribution in [3.05, 3.63) is 83.1 Å². The molecule has 1 aliphatic carbocycles. The second kappa shape index (κ2) is 10.7. The van der Waals surface area contributed by atoms with Crippen LogP contribution in [0.2, 0.25) is 0 Å². The number of H-pyrrole nitrogens is 2. The molecule has 196 valence electrons. The van der Waals surface area contributed by atoms with Crippen molar-refractivity contribution in [1.29, 1.82) is 0 Å². The summed E-state index contributed by atoms with van der Waals surface area (Å²) in [5.74, 6) is -1.15. The van der Waals surface area contributed by atoms with E-state index in [1.807, 2.05) is 6.92 Å². The number of carbonyl (C=O) groups excluding carboxylic acids is 2. The van der Waals surface area contributed by atoms with Crippen molar-refractivity contribution in [2.24, 2.45) is 5.92 Å². The van der Waals surface area contributed by atoms with Crippen molar-refractivity contribution in [2.75, 3.05) is 13.2 Å². The average molecular weight is 519 g/mol. The van der Waals surface area contributed by atoms with Crippen molar-refractivity contribution in [3.63, 3.8) is 0 Å². The molecule has 0 saturated carbocycles. The number of carbonyl (C=O) groups is 2. The number of ether oxygens (including phenoxy) is 2. The Morgan fingerprint density at radius 3 is 2.11 bits per heavy atom. The summed E-state index contributed by atoms with van der Waals surface area (Å²) in [7, 11) is 0. The average Bonchev–Trinajstić information content (AvgIpc) is 3.46. The Bertz CT molecular complexity index is 1650. The minimum atomic E-state index is -0.366. The quantitative estimate of drug-likeness (QED) is 0.262. The normalized spacial score (nSPS) is 14.7. The summed E-state index contributed by atoms with van der Waals surface area (Å²) in [6, 6.07) is 14.5. The minimum absolute atomic E-state index is 0.102. The maximum absolute atomic E-state index is 13.4. The fourth-order valence-corrected chi connectivity index (χ4v) is 5.06. The third-order valence-corrected chi connectivity index (χ3v) is 6.84. The third kappa shape index (κ3) is 4.98. The van der Waals surface area contributed by atoms with Gasteiger partial charge in [0.05, 0.1) is 24.7 Å². The van der Waals surface area contributed by atoms with Crippen molar-refractivity contribution >= 4 is 44.6 Å². The number of aromatic nitrogens is 2. The Labute approximate surface area is 217 Å². The molecule has 6 nitrogen and oxygen atoms in total. The summed E-state index contributed by atoms with van der Waals surface area (Å²) in [6.07, 6.45) is 2.24. The van der Waals surface area contributed by atoms with Gasteiger partial charge in [-0.25, -0.2) is 13.6 Å². The lowest BCUT2D eigenvalue weighted by Gasteiger charge is -2.20. The number of hydrogen-bond acceptors (Lipinski definition) is 4. The number of rotatable bonds is 4. The van der Waals surface area contributed by atoms with Crippen LogP contribution in [0.25, 0.3) is 32.7 Å². The summed E-state index contributed by atoms with van der Waals surface area (Å²) in [5, 5.41) is 2.48. The second-order valence-electron chi connectivity index (χ2n) is 9.26. The van der Waals surface area contributed by atoms with Crippen LogP contribution in [-0.4, -0.2) is 35.1 Å². The predicted molar refractivity (Wildman–Crippen MR) is 142 cm³/mol. The van der Waals surface area contributed by atoms with Gasteiger partial charge in [0.1, 0.15) is 11.6 Å². The lowest BCUT2D eigenvalue weighted by molar-refractivity contribution is -0.148. The standard InChI is InChI=1S/C15H16FNO2.C15H12FNO2/c2*1-2-19-15(18)9-3-5-13-11(7-9)12-8-10(16)4-6-14(12)17-13/h4,6,8-9,17H,2-3,5,7H2,1H3;3-8,17H,2H2,1H3. The van der Waals surface area contributed by atoms with Gasteiger partial charge >= 0.3 is 11.9 Å². The zero-order valence-corrected chi connectivity index (χ0v) is 21.2. The van der Waals surface area contributed by atoms with E-state index in [9.17, 15) is 18.4 Å². The molecule has 2 aromatic heterocycles. The predicted octanol–water partition coefficient (Wildman–Crippen LogP) is 6.61. The number of halogens is 2. The van der Waals surface area contributed by atoms with E-state index in [0.717, 1.165) is 56.8 Å². The summed E-state index contributed by atoms with van der Waals surface area (Å²) in [5.41, 5.74) is 5.32. The minimum Gasteiger partial charge on any atom is -0.466 e. The molecule has 6 rings (SSSR count). The molecular weight excluding hydrogens is 490 g/mol. The van der Waals surface area contributed by atoms with Gasteiger partial charge in [0.25, 0.3) is 0 Å². The Hall–Kier alpha value is -4.20. The number of benzene rings is 3. The molecule has 5 aromatic rings. The van der Waals surface area contributed by atoms with E-state index in [1.165, 1.54) is 24.3 Å². The van der Waals surface area contributed by atoms with Crippen molar-refractivity contribution in [2.45, 2.75) is 33.1 Å². The molecule has 0 fully saturated rings. The van der Waals surface area contributed by atoms with Crippen LogP contribution in [0.3, 0.4) is 0 Å². The van der Waals surface area contributed by atoms with Crippen molar-refractivity contribution < 1.29 is 27.8 Å². The SMILES string of the molecule is CCOC(=O)C1CCc2[nH]c3ccc(F)cc3c2C1.CCOC(=O)c1ccc2[nH]c3ccc(F)cc3c2c1. The van der Waals surface area contributed by atoms with E-state index < -0.39 is 0 Å². The van der Waals surface area contributed by atoms with Gasteiger partial charge in [-0.3, -0.25) is 4.79 Å². The van der Waals surface area contributed by atoms with Gasteiger partial charge < -0.3 is 19.4 Å². The summed E-state index contributed by atoms with van der Waals surface area (Å²) in [6.45, 7) is 4.31. The number of hydrogen-bond donors (Lipinski definition) is 2. The van der Waals surface area contributed by atoms with Gasteiger partial charge in [-0.05, 0) is 93.3 Å². The van der Waals surface area contributed by atoms with Crippen LogP contribution in [0.5, 0.6) is 0 Å². The van der Waals surface area contributed by atoms with Crippen molar-refractivity contribution in [1.82, 2.24) is 9.97 Å². The number of aryl methyl sites for hydroxylation is 1. The number of nitrogens with one attached hydrogen (secondary N) is 2. The molecule has 1 aliphatic rings. The molecule has 38 heavy (non-hydrogen) atoms. The van der Waals surface area contributed by atoms with Gasteiger partial charge in [0.15, 0.2) is 0 Å². The first kappa shape index (κ1) is 25.4. The van der Waals surface area contributed by atoms with E-state index in [2.05, 4.69) is 9.97 Å². The largest absolute Gasteiger partial charge is 0.466 e. The molecule has 2 heterocycles. The highest BCUT2D eigenvalue weighted by molar-refractivity contribution is 6.09. The summed E-state index contributed by atoms with van der Waals surface area (Å²) < 4.78 is 36.7. The number of aromatic amines is 2. The topological polar surface area (TPSA) is 84.2 Å². The summed E-state index contributed by atoms with van der Waals surface area (Å²) in [4.78, 5) is 30.0.